The van der Waals surface area contributed by atoms with E-state index in [0.717, 1.165) is 0 Å². The van der Waals surface area contributed by atoms with Gasteiger partial charge in [0.05, 0.1) is 13.2 Å². The first-order valence-electron chi connectivity index (χ1n) is 3.99. The predicted octanol–water partition coefficient (Wildman–Crippen LogP) is 0.524. The van der Waals surface area contributed by atoms with E-state index in [2.05, 4.69) is 6.58 Å². The van der Waals surface area contributed by atoms with Crippen molar-refractivity contribution >= 4 is 17.6 Å². The first kappa shape index (κ1) is 10.5. The molecule has 1 N–H and O–H groups in total. The number of carboxylic acids is 1. The monoisotopic (exact) mass is 205 g/mol. The minimum Gasteiger partial charge on any atom is -0.480 e. The van der Waals surface area contributed by atoms with Crippen LogP contribution in [0.25, 0.3) is 0 Å². The number of halogens is 1. The molecular formula is C8H12ClNO3. The van der Waals surface area contributed by atoms with Gasteiger partial charge in [-0.3, -0.25) is 9.69 Å². The second-order valence-electron chi connectivity index (χ2n) is 2.92. The molecule has 0 aromatic heterocycles. The third-order valence-electron chi connectivity index (χ3n) is 1.90. The summed E-state index contributed by atoms with van der Waals surface area (Å²) in [5.41, 5.74) is 0. The number of hydrogen-bond donors (Lipinski definition) is 1. The van der Waals surface area contributed by atoms with Crippen LogP contribution < -0.4 is 0 Å². The molecule has 1 saturated heterocycles. The van der Waals surface area contributed by atoms with E-state index in [1.165, 1.54) is 0 Å². The highest BCUT2D eigenvalue weighted by Gasteiger charge is 2.28. The molecule has 4 nitrogen and oxygen atoms in total. The summed E-state index contributed by atoms with van der Waals surface area (Å²) in [6.45, 7) is 5.29. The van der Waals surface area contributed by atoms with Crippen molar-refractivity contribution in [2.75, 3.05) is 26.3 Å². The topological polar surface area (TPSA) is 49.8 Å². The van der Waals surface area contributed by atoms with Gasteiger partial charge in [0.1, 0.15) is 6.04 Å². The van der Waals surface area contributed by atoms with Crippen LogP contribution >= 0.6 is 11.6 Å². The fourth-order valence-corrected chi connectivity index (χ4v) is 1.43. The van der Waals surface area contributed by atoms with Gasteiger partial charge >= 0.3 is 5.97 Å². The van der Waals surface area contributed by atoms with E-state index in [4.69, 9.17) is 21.4 Å². The van der Waals surface area contributed by atoms with E-state index in [9.17, 15) is 4.79 Å². The number of carbonyl (C=O) groups is 1. The summed E-state index contributed by atoms with van der Waals surface area (Å²) in [5, 5.41) is 9.28. The Bertz CT molecular complexity index is 219. The molecule has 1 unspecified atom stereocenters. The van der Waals surface area contributed by atoms with E-state index < -0.39 is 12.0 Å². The Morgan fingerprint density at radius 2 is 2.46 bits per heavy atom. The van der Waals surface area contributed by atoms with Crippen LogP contribution in [0.5, 0.6) is 0 Å². The summed E-state index contributed by atoms with van der Waals surface area (Å²) < 4.78 is 5.06. The van der Waals surface area contributed by atoms with E-state index in [0.29, 0.717) is 24.7 Å². The lowest BCUT2D eigenvalue weighted by Gasteiger charge is -2.32. The summed E-state index contributed by atoms with van der Waals surface area (Å²) in [5.74, 6) is -0.877. The minimum atomic E-state index is -0.877. The molecule has 0 aliphatic carbocycles. The van der Waals surface area contributed by atoms with Crippen molar-refractivity contribution < 1.29 is 14.6 Å². The van der Waals surface area contributed by atoms with Crippen LogP contribution in [-0.4, -0.2) is 48.3 Å². The van der Waals surface area contributed by atoms with E-state index in [1.54, 1.807) is 4.90 Å². The third kappa shape index (κ3) is 2.99. The molecule has 1 rings (SSSR count). The molecule has 1 heterocycles. The normalized spacial score (nSPS) is 24.2. The van der Waals surface area contributed by atoms with Crippen LogP contribution in [-0.2, 0) is 9.53 Å². The lowest BCUT2D eigenvalue weighted by atomic mass is 10.2. The van der Waals surface area contributed by atoms with Crippen molar-refractivity contribution in [1.82, 2.24) is 4.90 Å². The molecule has 5 heteroatoms. The molecule has 1 fully saturated rings. The van der Waals surface area contributed by atoms with E-state index >= 15 is 0 Å². The molecule has 0 aromatic carbocycles. The minimum absolute atomic E-state index is 0.222. The Balaban J connectivity index is 2.56. The van der Waals surface area contributed by atoms with E-state index in [1.807, 2.05) is 0 Å². The zero-order valence-corrected chi connectivity index (χ0v) is 7.96. The highest BCUT2D eigenvalue weighted by molar-refractivity contribution is 6.29. The zero-order chi connectivity index (χ0) is 9.84. The summed E-state index contributed by atoms with van der Waals surface area (Å²) >= 11 is 5.61. The van der Waals surface area contributed by atoms with Gasteiger partial charge in [0.15, 0.2) is 0 Å². The number of hydrogen-bond acceptors (Lipinski definition) is 3. The number of aliphatic carboxylic acids is 1. The Kier molecular flexibility index (Phi) is 3.71. The first-order chi connectivity index (χ1) is 6.11. The quantitative estimate of drug-likeness (QED) is 0.730. The van der Waals surface area contributed by atoms with Crippen molar-refractivity contribution in [2.45, 2.75) is 6.04 Å². The SMILES string of the molecule is C=C(Cl)CN1CCOCC1C(=O)O. The summed E-state index contributed by atoms with van der Waals surface area (Å²) in [6.07, 6.45) is 0. The Hall–Kier alpha value is -0.580. The number of morpholine rings is 1. The molecular weight excluding hydrogens is 194 g/mol. The molecule has 74 valence electrons. The summed E-state index contributed by atoms with van der Waals surface area (Å²) in [7, 11) is 0. The maximum Gasteiger partial charge on any atom is 0.323 e. The van der Waals surface area contributed by atoms with Gasteiger partial charge in [-0.1, -0.05) is 18.2 Å². The van der Waals surface area contributed by atoms with Gasteiger partial charge < -0.3 is 9.84 Å². The van der Waals surface area contributed by atoms with Crippen LogP contribution in [0.2, 0.25) is 0 Å². The summed E-state index contributed by atoms with van der Waals surface area (Å²) in [6, 6.07) is -0.593. The van der Waals surface area contributed by atoms with Gasteiger partial charge in [-0.2, -0.15) is 0 Å². The maximum atomic E-state index is 10.8. The number of carboxylic acid groups (broad SMARTS) is 1. The second kappa shape index (κ2) is 4.60. The molecule has 0 amide bonds. The van der Waals surface area contributed by atoms with Crippen LogP contribution in [0.1, 0.15) is 0 Å². The number of nitrogens with zero attached hydrogens (tertiary/aromatic N) is 1. The van der Waals surface area contributed by atoms with Crippen molar-refractivity contribution in [2.24, 2.45) is 0 Å². The molecule has 1 aliphatic heterocycles. The number of ether oxygens (including phenoxy) is 1. The largest absolute Gasteiger partial charge is 0.480 e. The van der Waals surface area contributed by atoms with Crippen LogP contribution in [0.15, 0.2) is 11.6 Å². The third-order valence-corrected chi connectivity index (χ3v) is 2.02. The Labute approximate surface area is 81.7 Å². The van der Waals surface area contributed by atoms with E-state index in [-0.39, 0.29) is 6.61 Å². The molecule has 0 radical (unpaired) electrons. The van der Waals surface area contributed by atoms with Gasteiger partial charge in [0, 0.05) is 18.1 Å². The highest BCUT2D eigenvalue weighted by Crippen LogP contribution is 2.10. The van der Waals surface area contributed by atoms with Crippen LogP contribution in [0.3, 0.4) is 0 Å². The highest BCUT2D eigenvalue weighted by atomic mass is 35.5. The van der Waals surface area contributed by atoms with Gasteiger partial charge in [-0.15, -0.1) is 0 Å². The Morgan fingerprint density at radius 1 is 1.77 bits per heavy atom. The van der Waals surface area contributed by atoms with Gasteiger partial charge in [0.2, 0.25) is 0 Å². The van der Waals surface area contributed by atoms with Crippen LogP contribution in [0.4, 0.5) is 0 Å². The zero-order valence-electron chi connectivity index (χ0n) is 7.20. The number of rotatable bonds is 3. The van der Waals surface area contributed by atoms with Crippen LogP contribution in [0, 0.1) is 0 Å². The molecule has 13 heavy (non-hydrogen) atoms. The smallest absolute Gasteiger partial charge is 0.323 e. The molecule has 1 atom stereocenters. The van der Waals surface area contributed by atoms with Gasteiger partial charge in [-0.05, 0) is 0 Å². The fraction of sp³-hybridized carbons (Fsp3) is 0.625. The standard InChI is InChI=1S/C8H12ClNO3/c1-6(9)4-10-2-3-13-5-7(10)8(11)12/h7H,1-5H2,(H,11,12). The molecule has 0 saturated carbocycles. The predicted molar refractivity (Wildman–Crippen MR) is 48.8 cm³/mol. The molecule has 0 bridgehead atoms. The first-order valence-corrected chi connectivity index (χ1v) is 4.37. The van der Waals surface area contributed by atoms with Crippen molar-refractivity contribution in [1.29, 1.82) is 0 Å². The average molecular weight is 206 g/mol. The fourth-order valence-electron chi connectivity index (χ4n) is 1.28. The second-order valence-corrected chi connectivity index (χ2v) is 3.45. The van der Waals surface area contributed by atoms with Crippen molar-refractivity contribution in [3.8, 4) is 0 Å². The van der Waals surface area contributed by atoms with Crippen molar-refractivity contribution in [3.63, 3.8) is 0 Å². The van der Waals surface area contributed by atoms with Gasteiger partial charge in [0.25, 0.3) is 0 Å². The lowest BCUT2D eigenvalue weighted by Crippen LogP contribution is -2.50. The van der Waals surface area contributed by atoms with Crippen molar-refractivity contribution in [3.05, 3.63) is 11.6 Å². The van der Waals surface area contributed by atoms with Gasteiger partial charge in [-0.25, -0.2) is 0 Å². The molecule has 0 spiro atoms. The maximum absolute atomic E-state index is 10.8. The molecule has 1 aliphatic rings. The molecule has 0 aromatic rings. The average Bonchev–Trinajstić information content (AvgIpc) is 2.03. The summed E-state index contributed by atoms with van der Waals surface area (Å²) in [4.78, 5) is 12.5. The Morgan fingerprint density at radius 3 is 3.00 bits per heavy atom. The lowest BCUT2D eigenvalue weighted by molar-refractivity contribution is -0.149.